The van der Waals surface area contributed by atoms with Gasteiger partial charge in [-0.1, -0.05) is 30.3 Å². The molecule has 1 aromatic rings. The van der Waals surface area contributed by atoms with Crippen molar-refractivity contribution in [1.29, 1.82) is 0 Å². The van der Waals surface area contributed by atoms with Crippen molar-refractivity contribution >= 4 is 11.9 Å². The Morgan fingerprint density at radius 3 is 2.55 bits per heavy atom. The van der Waals surface area contributed by atoms with Crippen LogP contribution < -0.4 is 16.4 Å². The van der Waals surface area contributed by atoms with Gasteiger partial charge in [0.1, 0.15) is 6.04 Å². The zero-order valence-corrected chi connectivity index (χ0v) is 12.8. The number of unbranched alkanes of at least 4 members (excludes halogenated alkanes) is 1. The number of carbonyl (C=O) groups is 2. The van der Waals surface area contributed by atoms with E-state index in [1.54, 1.807) is 0 Å². The first-order chi connectivity index (χ1) is 10.6. The Kier molecular flexibility index (Phi) is 8.86. The first-order valence-corrected chi connectivity index (χ1v) is 7.60. The Balaban J connectivity index is 2.21. The number of nitrogens with two attached hydrogens (primary N) is 1. The largest absolute Gasteiger partial charge is 0.480 e. The van der Waals surface area contributed by atoms with Crippen LogP contribution in [0, 0.1) is 0 Å². The summed E-state index contributed by atoms with van der Waals surface area (Å²) in [7, 11) is 0. The van der Waals surface area contributed by atoms with Crippen molar-refractivity contribution in [2.75, 3.05) is 19.6 Å². The average Bonchev–Trinajstić information content (AvgIpc) is 2.51. The van der Waals surface area contributed by atoms with Crippen LogP contribution in [0.25, 0.3) is 0 Å². The molecule has 0 aliphatic carbocycles. The minimum Gasteiger partial charge on any atom is -0.480 e. The smallest absolute Gasteiger partial charge is 0.326 e. The maximum atomic E-state index is 11.7. The molecule has 6 nitrogen and oxygen atoms in total. The summed E-state index contributed by atoms with van der Waals surface area (Å²) < 4.78 is 0. The Labute approximate surface area is 131 Å². The zero-order chi connectivity index (χ0) is 16.2. The van der Waals surface area contributed by atoms with Crippen LogP contribution in [0.4, 0.5) is 0 Å². The molecule has 1 aromatic carbocycles. The van der Waals surface area contributed by atoms with Gasteiger partial charge in [-0.3, -0.25) is 4.79 Å². The van der Waals surface area contributed by atoms with Gasteiger partial charge in [-0.15, -0.1) is 0 Å². The van der Waals surface area contributed by atoms with Crippen LogP contribution in [0.15, 0.2) is 30.3 Å². The third kappa shape index (κ3) is 7.75. The van der Waals surface area contributed by atoms with Gasteiger partial charge >= 0.3 is 5.97 Å². The van der Waals surface area contributed by atoms with Gasteiger partial charge in [0, 0.05) is 0 Å². The van der Waals surface area contributed by atoms with Gasteiger partial charge in [0.15, 0.2) is 0 Å². The summed E-state index contributed by atoms with van der Waals surface area (Å²) in [5.74, 6) is -1.30. The molecule has 5 N–H and O–H groups in total. The van der Waals surface area contributed by atoms with Crippen molar-refractivity contribution in [2.24, 2.45) is 5.73 Å². The lowest BCUT2D eigenvalue weighted by molar-refractivity contribution is -0.141. The van der Waals surface area contributed by atoms with Crippen LogP contribution in [0.1, 0.15) is 24.8 Å². The Hall–Kier alpha value is -1.92. The van der Waals surface area contributed by atoms with E-state index in [1.165, 1.54) is 5.56 Å². The van der Waals surface area contributed by atoms with Crippen LogP contribution in [-0.4, -0.2) is 42.7 Å². The van der Waals surface area contributed by atoms with Crippen molar-refractivity contribution in [3.05, 3.63) is 35.9 Å². The number of hydrogen-bond acceptors (Lipinski definition) is 4. The Morgan fingerprint density at radius 1 is 1.18 bits per heavy atom. The topological polar surface area (TPSA) is 104 Å². The summed E-state index contributed by atoms with van der Waals surface area (Å²) in [4.78, 5) is 22.8. The first-order valence-electron chi connectivity index (χ1n) is 7.60. The maximum Gasteiger partial charge on any atom is 0.326 e. The van der Waals surface area contributed by atoms with Gasteiger partial charge in [-0.25, -0.2) is 4.79 Å². The van der Waals surface area contributed by atoms with Gasteiger partial charge in [0.05, 0.1) is 6.54 Å². The molecule has 0 heterocycles. The molecule has 0 fully saturated rings. The molecule has 0 aromatic heterocycles. The van der Waals surface area contributed by atoms with Crippen LogP contribution >= 0.6 is 0 Å². The third-order valence-corrected chi connectivity index (χ3v) is 3.30. The number of aliphatic carboxylic acids is 1. The van der Waals surface area contributed by atoms with Crippen molar-refractivity contribution < 1.29 is 14.7 Å². The second-order valence-corrected chi connectivity index (χ2v) is 5.16. The van der Waals surface area contributed by atoms with Crippen LogP contribution in [0.5, 0.6) is 0 Å². The summed E-state index contributed by atoms with van der Waals surface area (Å²) in [5.41, 5.74) is 6.57. The second kappa shape index (κ2) is 10.8. The fourth-order valence-corrected chi connectivity index (χ4v) is 2.07. The summed E-state index contributed by atoms with van der Waals surface area (Å²) in [6, 6.07) is 9.12. The summed E-state index contributed by atoms with van der Waals surface area (Å²) in [6.07, 6.45) is 2.68. The van der Waals surface area contributed by atoms with E-state index in [-0.39, 0.29) is 12.5 Å². The summed E-state index contributed by atoms with van der Waals surface area (Å²) in [5, 5.41) is 14.6. The summed E-state index contributed by atoms with van der Waals surface area (Å²) >= 11 is 0. The number of hydrogen-bond donors (Lipinski definition) is 4. The normalized spacial score (nSPS) is 11.9. The first kappa shape index (κ1) is 18.1. The number of benzene rings is 1. The second-order valence-electron chi connectivity index (χ2n) is 5.16. The zero-order valence-electron chi connectivity index (χ0n) is 12.8. The van der Waals surface area contributed by atoms with E-state index in [1.807, 2.05) is 30.3 Å². The molecule has 0 aliphatic rings. The van der Waals surface area contributed by atoms with Gasteiger partial charge in [0.2, 0.25) is 5.91 Å². The fourth-order valence-electron chi connectivity index (χ4n) is 2.07. The molecular weight excluding hydrogens is 282 g/mol. The molecule has 0 aliphatic heterocycles. The molecule has 1 amide bonds. The lowest BCUT2D eigenvalue weighted by atomic mass is 10.1. The van der Waals surface area contributed by atoms with Crippen molar-refractivity contribution in [3.8, 4) is 0 Å². The number of amides is 1. The number of carboxylic acid groups (broad SMARTS) is 1. The number of rotatable bonds is 11. The molecule has 0 saturated carbocycles. The van der Waals surface area contributed by atoms with E-state index in [0.29, 0.717) is 25.9 Å². The van der Waals surface area contributed by atoms with Crippen molar-refractivity contribution in [2.45, 2.75) is 31.7 Å². The predicted octanol–water partition coefficient (Wildman–Crippen LogP) is 0.517. The third-order valence-electron chi connectivity index (χ3n) is 3.30. The predicted molar refractivity (Wildman–Crippen MR) is 85.5 cm³/mol. The number of carboxylic acids is 1. The average molecular weight is 307 g/mol. The molecule has 0 spiro atoms. The van der Waals surface area contributed by atoms with E-state index in [9.17, 15) is 9.59 Å². The number of nitrogens with one attached hydrogen (secondary N) is 2. The molecule has 1 atom stereocenters. The molecule has 22 heavy (non-hydrogen) atoms. The van der Waals surface area contributed by atoms with Gasteiger partial charge in [-0.05, 0) is 44.3 Å². The van der Waals surface area contributed by atoms with E-state index in [4.69, 9.17) is 10.8 Å². The highest BCUT2D eigenvalue weighted by atomic mass is 16.4. The van der Waals surface area contributed by atoms with Crippen LogP contribution in [-0.2, 0) is 16.0 Å². The quantitative estimate of drug-likeness (QED) is 0.446. The molecule has 122 valence electrons. The monoisotopic (exact) mass is 307 g/mol. The molecular formula is C16H25N3O3. The molecule has 0 radical (unpaired) electrons. The Morgan fingerprint density at radius 2 is 1.91 bits per heavy atom. The maximum absolute atomic E-state index is 11.7. The summed E-state index contributed by atoms with van der Waals surface area (Å²) in [6.45, 7) is 1.32. The van der Waals surface area contributed by atoms with Crippen LogP contribution in [0.3, 0.4) is 0 Å². The van der Waals surface area contributed by atoms with E-state index in [0.717, 1.165) is 12.8 Å². The van der Waals surface area contributed by atoms with Gasteiger partial charge in [-0.2, -0.15) is 0 Å². The van der Waals surface area contributed by atoms with Crippen molar-refractivity contribution in [1.82, 2.24) is 10.6 Å². The minimum atomic E-state index is -1.00. The highest BCUT2D eigenvalue weighted by Gasteiger charge is 2.18. The van der Waals surface area contributed by atoms with Gasteiger partial charge in [0.25, 0.3) is 0 Å². The molecule has 6 heteroatoms. The van der Waals surface area contributed by atoms with Gasteiger partial charge < -0.3 is 21.5 Å². The van der Waals surface area contributed by atoms with E-state index < -0.39 is 12.0 Å². The fraction of sp³-hybridized carbons (Fsp3) is 0.500. The molecule has 0 unspecified atom stereocenters. The highest BCUT2D eigenvalue weighted by Crippen LogP contribution is 2.01. The SMILES string of the molecule is NCCCC[C@H](NC(=O)CNCCc1ccccc1)C(=O)O. The van der Waals surface area contributed by atoms with Crippen molar-refractivity contribution in [3.63, 3.8) is 0 Å². The van der Waals surface area contributed by atoms with E-state index in [2.05, 4.69) is 10.6 Å². The van der Waals surface area contributed by atoms with E-state index >= 15 is 0 Å². The standard InChI is InChI=1S/C16H25N3O3/c17-10-5-4-8-14(16(21)22)19-15(20)12-18-11-9-13-6-2-1-3-7-13/h1-3,6-7,14,18H,4-5,8-12,17H2,(H,19,20)(H,21,22)/t14-/m0/s1. The van der Waals surface area contributed by atoms with Crippen LogP contribution in [0.2, 0.25) is 0 Å². The minimum absolute atomic E-state index is 0.119. The number of carbonyl (C=O) groups excluding carboxylic acids is 1. The molecule has 1 rings (SSSR count). The Bertz CT molecular complexity index is 451. The molecule has 0 saturated heterocycles. The highest BCUT2D eigenvalue weighted by molar-refractivity contribution is 5.84. The molecule has 0 bridgehead atoms. The lowest BCUT2D eigenvalue weighted by Gasteiger charge is -2.14. The lowest BCUT2D eigenvalue weighted by Crippen LogP contribution is -2.44.